The van der Waals surface area contributed by atoms with E-state index < -0.39 is 0 Å². The number of benzene rings is 1. The zero-order valence-corrected chi connectivity index (χ0v) is 18.1. The maximum Gasteiger partial charge on any atom is 0.146 e. The van der Waals surface area contributed by atoms with Gasteiger partial charge in [0, 0.05) is 29.6 Å². The molecule has 2 unspecified atom stereocenters. The van der Waals surface area contributed by atoms with Crippen molar-refractivity contribution in [2.24, 2.45) is 0 Å². The summed E-state index contributed by atoms with van der Waals surface area (Å²) in [5, 5.41) is 7.30. The van der Waals surface area contributed by atoms with E-state index in [1.54, 1.807) is 11.3 Å². The average molecular weight is 408 g/mol. The third-order valence-corrected chi connectivity index (χ3v) is 7.07. The van der Waals surface area contributed by atoms with Crippen LogP contribution in [0.3, 0.4) is 0 Å². The molecule has 0 radical (unpaired) electrons. The molecule has 0 bridgehead atoms. The molecule has 3 aromatic rings. The molecule has 2 fully saturated rings. The predicted octanol–water partition coefficient (Wildman–Crippen LogP) is 4.46. The van der Waals surface area contributed by atoms with E-state index >= 15 is 0 Å². The zero-order valence-electron chi connectivity index (χ0n) is 17.3. The molecule has 0 saturated carbocycles. The van der Waals surface area contributed by atoms with Gasteiger partial charge < -0.3 is 10.2 Å². The summed E-state index contributed by atoms with van der Waals surface area (Å²) in [4.78, 5) is 15.8. The van der Waals surface area contributed by atoms with Crippen molar-refractivity contribution in [2.45, 2.75) is 44.3 Å². The van der Waals surface area contributed by atoms with Gasteiger partial charge in [0.05, 0.1) is 11.9 Å². The molecule has 2 saturated heterocycles. The van der Waals surface area contributed by atoms with Crippen LogP contribution in [0.4, 0.5) is 5.82 Å². The Balaban J connectivity index is 1.56. The van der Waals surface area contributed by atoms with Crippen LogP contribution in [0.15, 0.2) is 35.7 Å². The van der Waals surface area contributed by atoms with Crippen LogP contribution in [0, 0.1) is 0 Å². The van der Waals surface area contributed by atoms with Crippen LogP contribution < -0.4 is 5.32 Å². The van der Waals surface area contributed by atoms with E-state index in [1.807, 2.05) is 0 Å². The van der Waals surface area contributed by atoms with Gasteiger partial charge in [0.2, 0.25) is 0 Å². The van der Waals surface area contributed by atoms with Gasteiger partial charge in [-0.3, -0.25) is 4.90 Å². The normalized spacial score (nSPS) is 22.3. The Morgan fingerprint density at radius 3 is 2.79 bits per heavy atom. The molecular weight excluding hydrogens is 378 g/mol. The second-order valence-corrected chi connectivity index (χ2v) is 9.42. The lowest BCUT2D eigenvalue weighted by Crippen LogP contribution is -2.41. The fourth-order valence-corrected chi connectivity index (χ4v) is 5.83. The van der Waals surface area contributed by atoms with Gasteiger partial charge in [-0.25, -0.2) is 9.97 Å². The number of nitrogens with zero attached hydrogens (tertiary/aromatic N) is 4. The van der Waals surface area contributed by atoms with Crippen LogP contribution >= 0.6 is 11.3 Å². The molecule has 5 nitrogen and oxygen atoms in total. The van der Waals surface area contributed by atoms with Crippen LogP contribution in [-0.2, 0) is 6.54 Å². The van der Waals surface area contributed by atoms with Crippen LogP contribution in [0.1, 0.15) is 31.5 Å². The topological polar surface area (TPSA) is 44.3 Å². The van der Waals surface area contributed by atoms with E-state index in [4.69, 9.17) is 9.97 Å². The van der Waals surface area contributed by atoms with Crippen molar-refractivity contribution >= 4 is 27.4 Å². The standard InChI is InChI=1S/C23H29N5S/c1-27(2)14-20-25-22(24-18-11-13-28-12-7-6-10-19(18)28)21-17(15-29-23(21)26-20)16-8-4-3-5-9-16/h3-5,8-9,15,18-19H,6-7,10-14H2,1-2H3,(H,24,25,26). The molecule has 1 N–H and O–H groups in total. The minimum Gasteiger partial charge on any atom is -0.365 e. The monoisotopic (exact) mass is 407 g/mol. The Labute approximate surface area is 176 Å². The number of hydrogen-bond acceptors (Lipinski definition) is 6. The summed E-state index contributed by atoms with van der Waals surface area (Å²) in [6.07, 6.45) is 5.18. The lowest BCUT2D eigenvalue weighted by molar-refractivity contribution is 0.192. The van der Waals surface area contributed by atoms with E-state index in [0.29, 0.717) is 12.1 Å². The molecule has 2 atom stereocenters. The third kappa shape index (κ3) is 3.77. The largest absolute Gasteiger partial charge is 0.365 e. The maximum absolute atomic E-state index is 5.02. The number of rotatable bonds is 5. The van der Waals surface area contributed by atoms with Gasteiger partial charge in [-0.2, -0.15) is 0 Å². The minimum absolute atomic E-state index is 0.476. The number of anilines is 1. The van der Waals surface area contributed by atoms with Gasteiger partial charge in [0.1, 0.15) is 16.5 Å². The number of nitrogens with one attached hydrogen (secondary N) is 1. The predicted molar refractivity (Wildman–Crippen MR) is 121 cm³/mol. The van der Waals surface area contributed by atoms with Crippen molar-refractivity contribution in [3.63, 3.8) is 0 Å². The smallest absolute Gasteiger partial charge is 0.146 e. The van der Waals surface area contributed by atoms with Crippen molar-refractivity contribution in [1.29, 1.82) is 0 Å². The molecule has 2 aliphatic heterocycles. The van der Waals surface area contributed by atoms with Crippen molar-refractivity contribution in [3.05, 3.63) is 41.5 Å². The summed E-state index contributed by atoms with van der Waals surface area (Å²) in [6.45, 7) is 3.21. The average Bonchev–Trinajstić information content (AvgIpc) is 3.33. The molecule has 2 aliphatic rings. The number of piperidine rings is 1. The highest BCUT2D eigenvalue weighted by Crippen LogP contribution is 2.38. The van der Waals surface area contributed by atoms with Crippen molar-refractivity contribution < 1.29 is 0 Å². The molecule has 2 aromatic heterocycles. The van der Waals surface area contributed by atoms with E-state index in [9.17, 15) is 0 Å². The lowest BCUT2D eigenvalue weighted by atomic mass is 9.99. The summed E-state index contributed by atoms with van der Waals surface area (Å²) >= 11 is 1.72. The number of fused-ring (bicyclic) bond motifs is 2. The van der Waals surface area contributed by atoms with Crippen molar-refractivity contribution in [3.8, 4) is 11.1 Å². The van der Waals surface area contributed by atoms with Crippen LogP contribution in [-0.4, -0.2) is 59.0 Å². The SMILES string of the molecule is CN(C)Cc1nc(NC2CCN3CCCCC23)c2c(-c3ccccc3)csc2n1. The van der Waals surface area contributed by atoms with Crippen molar-refractivity contribution in [1.82, 2.24) is 19.8 Å². The fraction of sp³-hybridized carbons (Fsp3) is 0.478. The maximum atomic E-state index is 5.02. The van der Waals surface area contributed by atoms with E-state index in [0.717, 1.165) is 23.0 Å². The van der Waals surface area contributed by atoms with Crippen LogP contribution in [0.2, 0.25) is 0 Å². The van der Waals surface area contributed by atoms with Gasteiger partial charge in [0.15, 0.2) is 0 Å². The highest BCUT2D eigenvalue weighted by molar-refractivity contribution is 7.17. The molecule has 4 heterocycles. The Hall–Kier alpha value is -2.02. The first-order valence-electron chi connectivity index (χ1n) is 10.7. The quantitative estimate of drug-likeness (QED) is 0.677. The summed E-state index contributed by atoms with van der Waals surface area (Å²) in [5.41, 5.74) is 2.47. The highest BCUT2D eigenvalue weighted by atomic mass is 32.1. The summed E-state index contributed by atoms with van der Waals surface area (Å²) < 4.78 is 0. The summed E-state index contributed by atoms with van der Waals surface area (Å²) in [7, 11) is 4.14. The Kier molecular flexibility index (Phi) is 5.24. The van der Waals surface area contributed by atoms with Gasteiger partial charge in [-0.05, 0) is 45.5 Å². The first-order chi connectivity index (χ1) is 14.2. The molecule has 0 amide bonds. The van der Waals surface area contributed by atoms with Gasteiger partial charge in [-0.1, -0.05) is 36.8 Å². The molecule has 0 aliphatic carbocycles. The number of hydrogen-bond donors (Lipinski definition) is 1. The van der Waals surface area contributed by atoms with E-state index in [-0.39, 0.29) is 0 Å². The molecule has 1 aromatic carbocycles. The minimum atomic E-state index is 0.476. The first-order valence-corrected chi connectivity index (χ1v) is 11.6. The Morgan fingerprint density at radius 2 is 1.97 bits per heavy atom. The Morgan fingerprint density at radius 1 is 1.10 bits per heavy atom. The molecule has 6 heteroatoms. The lowest BCUT2D eigenvalue weighted by Gasteiger charge is -2.32. The second kappa shape index (κ2) is 8.01. The second-order valence-electron chi connectivity index (χ2n) is 8.56. The van der Waals surface area contributed by atoms with Gasteiger partial charge in [-0.15, -0.1) is 11.3 Å². The van der Waals surface area contributed by atoms with E-state index in [1.165, 1.54) is 55.3 Å². The Bertz CT molecular complexity index is 984. The van der Waals surface area contributed by atoms with Gasteiger partial charge in [0.25, 0.3) is 0 Å². The molecule has 5 rings (SSSR count). The number of thiophene rings is 1. The van der Waals surface area contributed by atoms with Gasteiger partial charge >= 0.3 is 0 Å². The molecule has 152 valence electrons. The first kappa shape index (κ1) is 19.0. The van der Waals surface area contributed by atoms with Crippen LogP contribution in [0.25, 0.3) is 21.3 Å². The molecule has 0 spiro atoms. The summed E-state index contributed by atoms with van der Waals surface area (Å²) in [5.74, 6) is 1.91. The molecular formula is C23H29N5S. The van der Waals surface area contributed by atoms with Crippen LogP contribution in [0.5, 0.6) is 0 Å². The summed E-state index contributed by atoms with van der Waals surface area (Å²) in [6, 6.07) is 11.7. The fourth-order valence-electron chi connectivity index (χ4n) is 4.87. The van der Waals surface area contributed by atoms with E-state index in [2.05, 4.69) is 64.9 Å². The third-order valence-electron chi connectivity index (χ3n) is 6.20. The number of aromatic nitrogens is 2. The van der Waals surface area contributed by atoms with Crippen molar-refractivity contribution in [2.75, 3.05) is 32.5 Å². The zero-order chi connectivity index (χ0) is 19.8. The molecule has 29 heavy (non-hydrogen) atoms. The highest BCUT2D eigenvalue weighted by Gasteiger charge is 2.36.